The monoisotopic (exact) mass is 283 g/mol. The van der Waals surface area contributed by atoms with Gasteiger partial charge in [0.25, 0.3) is 0 Å². The van der Waals surface area contributed by atoms with Gasteiger partial charge in [-0.3, -0.25) is 0 Å². The number of nitrogens with zero attached hydrogens (tertiary/aromatic N) is 1. The average molecular weight is 284 g/mol. The number of aromatic carboxylic acids is 1. The van der Waals surface area contributed by atoms with E-state index < -0.39 is 5.97 Å². The maximum atomic E-state index is 10.8. The van der Waals surface area contributed by atoms with Crippen LogP contribution in [-0.2, 0) is 0 Å². The smallest absolute Gasteiger partial charge is 0.335 e. The number of benzene rings is 1. The number of carboxylic acid groups (broad SMARTS) is 1. The molecule has 1 atom stereocenters. The Morgan fingerprint density at radius 3 is 2.95 bits per heavy atom. The van der Waals surface area contributed by atoms with Crippen LogP contribution in [0.4, 0.5) is 0 Å². The quantitative estimate of drug-likeness (QED) is 0.903. The average Bonchev–Trinajstić information content (AvgIpc) is 2.77. The molecule has 1 aromatic carbocycles. The first-order valence-corrected chi connectivity index (χ1v) is 6.81. The molecule has 1 N–H and O–H groups in total. The molecule has 1 fully saturated rings. The van der Waals surface area contributed by atoms with Crippen LogP contribution in [0.5, 0.6) is 5.75 Å². The number of carbonyl (C=O) groups is 1. The zero-order valence-electron chi connectivity index (χ0n) is 10.9. The third-order valence-corrected chi connectivity index (χ3v) is 3.85. The number of halogens is 1. The van der Waals surface area contributed by atoms with Crippen LogP contribution >= 0.6 is 11.6 Å². The van der Waals surface area contributed by atoms with Crippen molar-refractivity contribution in [2.24, 2.45) is 0 Å². The summed E-state index contributed by atoms with van der Waals surface area (Å²) < 4.78 is 5.63. The van der Waals surface area contributed by atoms with Crippen LogP contribution in [-0.4, -0.2) is 42.2 Å². The Kier molecular flexibility index (Phi) is 4.66. The molecule has 1 aliphatic heterocycles. The van der Waals surface area contributed by atoms with E-state index in [-0.39, 0.29) is 5.56 Å². The second-order valence-corrected chi connectivity index (χ2v) is 5.27. The minimum absolute atomic E-state index is 0.174. The van der Waals surface area contributed by atoms with Gasteiger partial charge in [0, 0.05) is 6.04 Å². The lowest BCUT2D eigenvalue weighted by atomic mass is 10.1. The molecule has 1 unspecified atom stereocenters. The Hall–Kier alpha value is -1.26. The van der Waals surface area contributed by atoms with Gasteiger partial charge in [0.2, 0.25) is 0 Å². The molecule has 0 saturated carbocycles. The van der Waals surface area contributed by atoms with Crippen molar-refractivity contribution in [1.29, 1.82) is 0 Å². The van der Waals surface area contributed by atoms with E-state index in [2.05, 4.69) is 11.9 Å². The Morgan fingerprint density at radius 1 is 1.58 bits per heavy atom. The minimum Gasteiger partial charge on any atom is -0.492 e. The summed E-state index contributed by atoms with van der Waals surface area (Å²) in [5, 5.41) is 9.19. The van der Waals surface area contributed by atoms with Gasteiger partial charge in [-0.25, -0.2) is 4.79 Å². The molecule has 0 bridgehead atoms. The van der Waals surface area contributed by atoms with E-state index in [1.807, 2.05) is 0 Å². The summed E-state index contributed by atoms with van der Waals surface area (Å²) in [4.78, 5) is 13.1. The van der Waals surface area contributed by atoms with Crippen LogP contribution < -0.4 is 4.74 Å². The normalized spacial score (nSPS) is 19.6. The molecule has 2 rings (SSSR count). The SMILES string of the molecule is CN1CCCC1CCOc1ccc(C(=O)O)cc1Cl. The second-order valence-electron chi connectivity index (χ2n) is 4.86. The molecule has 0 spiro atoms. The highest BCUT2D eigenvalue weighted by molar-refractivity contribution is 6.32. The molecule has 0 aromatic heterocycles. The fourth-order valence-corrected chi connectivity index (χ4v) is 2.63. The molecule has 1 saturated heterocycles. The largest absolute Gasteiger partial charge is 0.492 e. The van der Waals surface area contributed by atoms with Crippen molar-refractivity contribution >= 4 is 17.6 Å². The lowest BCUT2D eigenvalue weighted by Crippen LogP contribution is -2.26. The van der Waals surface area contributed by atoms with Crippen molar-refractivity contribution in [2.45, 2.75) is 25.3 Å². The van der Waals surface area contributed by atoms with Crippen molar-refractivity contribution in [2.75, 3.05) is 20.2 Å². The third kappa shape index (κ3) is 3.61. The molecule has 0 aliphatic carbocycles. The topological polar surface area (TPSA) is 49.8 Å². The van der Waals surface area contributed by atoms with E-state index in [9.17, 15) is 4.79 Å². The molecule has 1 aliphatic rings. The maximum Gasteiger partial charge on any atom is 0.335 e. The molecular formula is C14H18ClNO3. The van der Waals surface area contributed by atoms with E-state index in [0.717, 1.165) is 13.0 Å². The Morgan fingerprint density at radius 2 is 2.37 bits per heavy atom. The molecule has 104 valence electrons. The van der Waals surface area contributed by atoms with E-state index in [1.54, 1.807) is 6.07 Å². The predicted molar refractivity (Wildman–Crippen MR) is 74.2 cm³/mol. The summed E-state index contributed by atoms with van der Waals surface area (Å²) in [6.07, 6.45) is 3.42. The standard InChI is InChI=1S/C14H18ClNO3/c1-16-7-2-3-11(16)6-8-19-13-5-4-10(14(17)18)9-12(13)15/h4-5,9,11H,2-3,6-8H2,1H3,(H,17,18). The van der Waals surface area contributed by atoms with Crippen LogP contribution in [0.3, 0.4) is 0 Å². The van der Waals surface area contributed by atoms with Crippen molar-refractivity contribution in [1.82, 2.24) is 4.90 Å². The van der Waals surface area contributed by atoms with Gasteiger partial charge in [-0.2, -0.15) is 0 Å². The van der Waals surface area contributed by atoms with Crippen LogP contribution in [0, 0.1) is 0 Å². The molecular weight excluding hydrogens is 266 g/mol. The fourth-order valence-electron chi connectivity index (χ4n) is 2.40. The summed E-state index contributed by atoms with van der Waals surface area (Å²) in [7, 11) is 2.13. The first-order chi connectivity index (χ1) is 9.08. The number of rotatable bonds is 5. The molecule has 1 aromatic rings. The van der Waals surface area contributed by atoms with E-state index in [0.29, 0.717) is 23.4 Å². The van der Waals surface area contributed by atoms with Crippen molar-refractivity contribution < 1.29 is 14.6 Å². The van der Waals surface area contributed by atoms with Crippen molar-refractivity contribution in [3.05, 3.63) is 28.8 Å². The van der Waals surface area contributed by atoms with E-state index in [1.165, 1.54) is 25.0 Å². The highest BCUT2D eigenvalue weighted by atomic mass is 35.5. The first-order valence-electron chi connectivity index (χ1n) is 6.44. The summed E-state index contributed by atoms with van der Waals surface area (Å²) in [5.41, 5.74) is 0.174. The highest BCUT2D eigenvalue weighted by Crippen LogP contribution is 2.26. The van der Waals surface area contributed by atoms with Crippen LogP contribution in [0.25, 0.3) is 0 Å². The molecule has 1 heterocycles. The number of carboxylic acids is 1. The third-order valence-electron chi connectivity index (χ3n) is 3.56. The summed E-state index contributed by atoms with van der Waals surface area (Å²) in [6.45, 7) is 1.75. The second kappa shape index (κ2) is 6.26. The molecule has 0 amide bonds. The Balaban J connectivity index is 1.87. The number of likely N-dealkylation sites (tertiary alicyclic amines) is 1. The van der Waals surface area contributed by atoms with Crippen molar-refractivity contribution in [3.8, 4) is 5.75 Å². The molecule has 0 radical (unpaired) electrons. The summed E-state index contributed by atoms with van der Waals surface area (Å²) >= 11 is 6.00. The van der Waals surface area contributed by atoms with Crippen LogP contribution in [0.1, 0.15) is 29.6 Å². The highest BCUT2D eigenvalue weighted by Gasteiger charge is 2.20. The van der Waals surface area contributed by atoms with Crippen LogP contribution in [0.2, 0.25) is 5.02 Å². The van der Waals surface area contributed by atoms with Gasteiger partial charge in [0.05, 0.1) is 17.2 Å². The van der Waals surface area contributed by atoms with Gasteiger partial charge in [-0.15, -0.1) is 0 Å². The van der Waals surface area contributed by atoms with Crippen molar-refractivity contribution in [3.63, 3.8) is 0 Å². The summed E-state index contributed by atoms with van der Waals surface area (Å²) in [5.74, 6) is -0.437. The molecule has 4 nitrogen and oxygen atoms in total. The van der Waals surface area contributed by atoms with E-state index in [4.69, 9.17) is 21.4 Å². The predicted octanol–water partition coefficient (Wildman–Crippen LogP) is 2.90. The van der Waals surface area contributed by atoms with Crippen LogP contribution in [0.15, 0.2) is 18.2 Å². The zero-order chi connectivity index (χ0) is 13.8. The Bertz CT molecular complexity index is 464. The summed E-state index contributed by atoms with van der Waals surface area (Å²) in [6, 6.07) is 5.12. The lowest BCUT2D eigenvalue weighted by Gasteiger charge is -2.19. The van der Waals surface area contributed by atoms with Gasteiger partial charge in [-0.1, -0.05) is 11.6 Å². The van der Waals surface area contributed by atoms with E-state index >= 15 is 0 Å². The minimum atomic E-state index is -0.985. The lowest BCUT2D eigenvalue weighted by molar-refractivity contribution is 0.0697. The zero-order valence-corrected chi connectivity index (χ0v) is 11.7. The molecule has 5 heteroatoms. The van der Waals surface area contributed by atoms with Gasteiger partial charge < -0.3 is 14.7 Å². The molecule has 19 heavy (non-hydrogen) atoms. The van der Waals surface area contributed by atoms with Gasteiger partial charge in [-0.05, 0) is 51.1 Å². The number of hydrogen-bond acceptors (Lipinski definition) is 3. The fraction of sp³-hybridized carbons (Fsp3) is 0.500. The number of hydrogen-bond donors (Lipinski definition) is 1. The maximum absolute atomic E-state index is 10.8. The van der Waals surface area contributed by atoms with Gasteiger partial charge >= 0.3 is 5.97 Å². The Labute approximate surface area is 117 Å². The first kappa shape index (κ1) is 14.2. The van der Waals surface area contributed by atoms with Gasteiger partial charge in [0.15, 0.2) is 0 Å². The van der Waals surface area contributed by atoms with Gasteiger partial charge in [0.1, 0.15) is 5.75 Å². The number of ether oxygens (including phenoxy) is 1.